The number of carbonyl (C=O) groups is 1. The molecule has 1 saturated carbocycles. The molecular formula is C30H32F3N9O5S. The Bertz CT molecular complexity index is 1840. The molecule has 4 heterocycles. The fourth-order valence-electron chi connectivity index (χ4n) is 5.22. The Morgan fingerprint density at radius 2 is 1.69 bits per heavy atom. The highest BCUT2D eigenvalue weighted by molar-refractivity contribution is 7.90. The van der Waals surface area contributed by atoms with E-state index >= 15 is 0 Å². The van der Waals surface area contributed by atoms with Gasteiger partial charge in [-0.3, -0.25) is 19.7 Å². The number of nitrogens with one attached hydrogen (secondary N) is 1. The normalized spacial score (nSPS) is 16.7. The summed E-state index contributed by atoms with van der Waals surface area (Å²) in [4.78, 5) is 43.6. The molecule has 0 spiro atoms. The van der Waals surface area contributed by atoms with Gasteiger partial charge in [0.25, 0.3) is 5.91 Å². The van der Waals surface area contributed by atoms with E-state index in [1.54, 1.807) is 24.2 Å². The molecule has 1 aliphatic rings. The van der Waals surface area contributed by atoms with Crippen molar-refractivity contribution in [3.8, 4) is 28.5 Å². The summed E-state index contributed by atoms with van der Waals surface area (Å²) in [6.45, 7) is 1.98. The van der Waals surface area contributed by atoms with Crippen LogP contribution in [0.25, 0.3) is 22.5 Å². The molecule has 0 aliphatic heterocycles. The molecule has 0 atom stereocenters. The zero-order valence-corrected chi connectivity index (χ0v) is 27.0. The summed E-state index contributed by atoms with van der Waals surface area (Å²) < 4.78 is 76.1. The molecule has 0 radical (unpaired) electrons. The molecule has 0 bridgehead atoms. The van der Waals surface area contributed by atoms with Crippen LogP contribution in [0.15, 0.2) is 54.3 Å². The Kier molecular flexibility index (Phi) is 10.4. The van der Waals surface area contributed by atoms with Gasteiger partial charge in [0.15, 0.2) is 15.7 Å². The van der Waals surface area contributed by atoms with Crippen molar-refractivity contribution in [2.24, 2.45) is 0 Å². The molecule has 1 fully saturated rings. The summed E-state index contributed by atoms with van der Waals surface area (Å²) in [5.41, 5.74) is -0.626. The molecule has 4 aromatic heterocycles. The molecule has 1 amide bonds. The van der Waals surface area contributed by atoms with Gasteiger partial charge in [-0.05, 0) is 38.7 Å². The second-order valence-electron chi connectivity index (χ2n) is 10.9. The first kappa shape index (κ1) is 34.5. The van der Waals surface area contributed by atoms with Gasteiger partial charge in [-0.1, -0.05) is 0 Å². The molecule has 1 aliphatic carbocycles. The number of rotatable bonds is 11. The molecule has 5 rings (SSSR count). The summed E-state index contributed by atoms with van der Waals surface area (Å²) in [6.07, 6.45) is 7.22. The third-order valence-electron chi connectivity index (χ3n) is 7.59. The molecule has 4 aromatic rings. The standard InChI is InChI=1S/C30H32F3N9O5S/c1-4-47-17-26(43)42(25-16-35-24(15-36-25)19-11-38-29(46-2)39-12-19)21-7-5-20(6-8-21)40-28-37-14-23(30(31,32)33)27(41-28)18-9-22(13-34-10-18)48(3,44)45/h9-16,20-21H,4-8,17H2,1-3H3,(H,37,40,41)/t20-,21-. The van der Waals surface area contributed by atoms with Gasteiger partial charge in [-0.25, -0.2) is 33.3 Å². The number of sulfone groups is 1. The van der Waals surface area contributed by atoms with Gasteiger partial charge in [0.1, 0.15) is 12.2 Å². The van der Waals surface area contributed by atoms with Crippen molar-refractivity contribution in [2.75, 3.05) is 36.8 Å². The number of nitrogens with zero attached hydrogens (tertiary/aromatic N) is 8. The van der Waals surface area contributed by atoms with Gasteiger partial charge in [0.2, 0.25) is 5.95 Å². The Morgan fingerprint density at radius 3 is 2.29 bits per heavy atom. The number of aromatic nitrogens is 7. The molecule has 254 valence electrons. The van der Waals surface area contributed by atoms with Crippen LogP contribution in [0.4, 0.5) is 24.9 Å². The van der Waals surface area contributed by atoms with Crippen molar-refractivity contribution in [3.63, 3.8) is 0 Å². The molecule has 0 aromatic carbocycles. The highest BCUT2D eigenvalue weighted by Crippen LogP contribution is 2.37. The van der Waals surface area contributed by atoms with Crippen LogP contribution >= 0.6 is 0 Å². The average Bonchev–Trinajstić information content (AvgIpc) is 3.08. The maximum atomic E-state index is 13.9. The lowest BCUT2D eigenvalue weighted by Gasteiger charge is -2.36. The Hall–Kier alpha value is -4.84. The molecule has 18 heteroatoms. The second-order valence-corrected chi connectivity index (χ2v) is 12.9. The van der Waals surface area contributed by atoms with Crippen molar-refractivity contribution >= 4 is 27.5 Å². The predicted molar refractivity (Wildman–Crippen MR) is 167 cm³/mol. The fraction of sp³-hybridized carbons (Fsp3) is 0.400. The highest BCUT2D eigenvalue weighted by Gasteiger charge is 2.36. The van der Waals surface area contributed by atoms with Crippen LogP contribution in [0.2, 0.25) is 0 Å². The summed E-state index contributed by atoms with van der Waals surface area (Å²) in [7, 11) is -2.27. The number of carbonyl (C=O) groups excluding carboxylic acids is 1. The molecular weight excluding hydrogens is 655 g/mol. The number of hydrogen-bond acceptors (Lipinski definition) is 13. The molecule has 48 heavy (non-hydrogen) atoms. The highest BCUT2D eigenvalue weighted by atomic mass is 32.2. The molecule has 0 unspecified atom stereocenters. The number of hydrogen-bond donors (Lipinski definition) is 1. The van der Waals surface area contributed by atoms with Gasteiger partial charge >= 0.3 is 12.2 Å². The van der Waals surface area contributed by atoms with Crippen LogP contribution in [0.5, 0.6) is 6.01 Å². The molecule has 0 saturated heterocycles. The third kappa shape index (κ3) is 8.17. The zero-order chi connectivity index (χ0) is 34.5. The monoisotopic (exact) mass is 687 g/mol. The first-order chi connectivity index (χ1) is 22.9. The second kappa shape index (κ2) is 14.5. The van der Waals surface area contributed by atoms with Crippen LogP contribution < -0.4 is 15.0 Å². The van der Waals surface area contributed by atoms with E-state index in [2.05, 4.69) is 40.2 Å². The predicted octanol–water partition coefficient (Wildman–Crippen LogP) is 4.01. The number of anilines is 2. The third-order valence-corrected chi connectivity index (χ3v) is 8.67. The number of methoxy groups -OCH3 is 1. The fourth-order valence-corrected chi connectivity index (χ4v) is 5.81. The van der Waals surface area contributed by atoms with Gasteiger partial charge in [-0.15, -0.1) is 0 Å². The summed E-state index contributed by atoms with van der Waals surface area (Å²) in [6, 6.07) is 0.833. The number of pyridine rings is 1. The molecule has 14 nitrogen and oxygen atoms in total. The van der Waals surface area contributed by atoms with Crippen LogP contribution in [0, 0.1) is 0 Å². The van der Waals surface area contributed by atoms with Gasteiger partial charge in [0.05, 0.1) is 35.8 Å². The van der Waals surface area contributed by atoms with E-state index in [0.717, 1.165) is 24.7 Å². The van der Waals surface area contributed by atoms with E-state index in [9.17, 15) is 26.4 Å². The van der Waals surface area contributed by atoms with Gasteiger partial charge < -0.3 is 14.8 Å². The molecule has 1 N–H and O–H groups in total. The number of alkyl halides is 3. The minimum atomic E-state index is -4.80. The smallest absolute Gasteiger partial charge is 0.419 e. The number of halogens is 3. The van der Waals surface area contributed by atoms with E-state index in [-0.39, 0.29) is 47.0 Å². The van der Waals surface area contributed by atoms with Crippen molar-refractivity contribution in [2.45, 2.75) is 55.8 Å². The topological polar surface area (TPSA) is 175 Å². The largest absolute Gasteiger partial charge is 0.467 e. The lowest BCUT2D eigenvalue weighted by Crippen LogP contribution is -2.46. The summed E-state index contributed by atoms with van der Waals surface area (Å²) in [5, 5.41) is 3.11. The van der Waals surface area contributed by atoms with Crippen molar-refractivity contribution in [1.82, 2.24) is 34.9 Å². The summed E-state index contributed by atoms with van der Waals surface area (Å²) in [5.74, 6) is -0.00173. The minimum Gasteiger partial charge on any atom is -0.467 e. The van der Waals surface area contributed by atoms with E-state index in [1.807, 2.05) is 0 Å². The minimum absolute atomic E-state index is 0.0561. The first-order valence-corrected chi connectivity index (χ1v) is 16.7. The Morgan fingerprint density at radius 1 is 0.958 bits per heavy atom. The SMILES string of the molecule is CCOCC(=O)N(c1cnc(-c2cnc(OC)nc2)cn1)[C@H]1CC[C@H](Nc2ncc(C(F)(F)F)c(-c3cncc(S(C)(=O)=O)c3)n2)CC1. The van der Waals surface area contributed by atoms with Crippen molar-refractivity contribution in [1.29, 1.82) is 0 Å². The van der Waals surface area contributed by atoms with Gasteiger partial charge in [0, 0.05) is 67.1 Å². The number of ether oxygens (including phenoxy) is 2. The Labute approximate surface area is 274 Å². The van der Waals surface area contributed by atoms with Crippen molar-refractivity contribution in [3.05, 3.63) is 55.0 Å². The van der Waals surface area contributed by atoms with Gasteiger partial charge in [-0.2, -0.15) is 13.2 Å². The zero-order valence-electron chi connectivity index (χ0n) is 26.2. The van der Waals surface area contributed by atoms with E-state index < -0.39 is 27.3 Å². The lowest BCUT2D eigenvalue weighted by molar-refractivity contribution is -0.137. The quantitative estimate of drug-likeness (QED) is 0.240. The van der Waals surface area contributed by atoms with Crippen LogP contribution in [0.1, 0.15) is 38.2 Å². The van der Waals surface area contributed by atoms with Crippen LogP contribution in [0.3, 0.4) is 0 Å². The van der Waals surface area contributed by atoms with Crippen LogP contribution in [-0.4, -0.2) is 87.9 Å². The van der Waals surface area contributed by atoms with E-state index in [0.29, 0.717) is 55.6 Å². The summed E-state index contributed by atoms with van der Waals surface area (Å²) >= 11 is 0. The average molecular weight is 688 g/mol. The first-order valence-electron chi connectivity index (χ1n) is 14.8. The van der Waals surface area contributed by atoms with Crippen molar-refractivity contribution < 1.29 is 35.9 Å². The maximum Gasteiger partial charge on any atom is 0.419 e. The lowest BCUT2D eigenvalue weighted by atomic mass is 9.90. The maximum absolute atomic E-state index is 13.9. The van der Waals surface area contributed by atoms with E-state index in [4.69, 9.17) is 9.47 Å². The Balaban J connectivity index is 1.33. The van der Waals surface area contributed by atoms with E-state index in [1.165, 1.54) is 19.5 Å². The van der Waals surface area contributed by atoms with Crippen LogP contribution in [-0.2, 0) is 25.5 Å². The number of amides is 1.